The second-order valence-electron chi connectivity index (χ2n) is 6.53. The number of anilines is 2. The quantitative estimate of drug-likeness (QED) is 0.417. The van der Waals surface area contributed by atoms with E-state index in [9.17, 15) is 0 Å². The molecule has 2 aromatic heterocycles. The number of thiophene rings is 1. The Morgan fingerprint density at radius 3 is 2.44 bits per heavy atom. The van der Waals surface area contributed by atoms with Crippen LogP contribution < -0.4 is 5.32 Å². The van der Waals surface area contributed by atoms with E-state index in [4.69, 9.17) is 0 Å². The van der Waals surface area contributed by atoms with E-state index in [1.165, 1.54) is 27.8 Å². The molecule has 2 heterocycles. The smallest absolute Gasteiger partial charge is 0.143 e. The van der Waals surface area contributed by atoms with E-state index < -0.39 is 0 Å². The number of fused-ring (bicyclic) bond motifs is 1. The fourth-order valence-electron chi connectivity index (χ4n) is 3.05. The van der Waals surface area contributed by atoms with Gasteiger partial charge in [-0.05, 0) is 54.7 Å². The molecule has 5 heteroatoms. The molecule has 0 radical (unpaired) electrons. The van der Waals surface area contributed by atoms with Gasteiger partial charge in [-0.15, -0.1) is 23.7 Å². The highest BCUT2D eigenvalue weighted by molar-refractivity contribution is 7.17. The molecule has 0 amide bonds. The normalized spacial score (nSPS) is 10.6. The zero-order valence-corrected chi connectivity index (χ0v) is 17.2. The summed E-state index contributed by atoms with van der Waals surface area (Å²) in [5.41, 5.74) is 7.36. The average Bonchev–Trinajstić information content (AvgIpc) is 3.10. The molecule has 0 spiro atoms. The predicted molar refractivity (Wildman–Crippen MR) is 119 cm³/mol. The predicted octanol–water partition coefficient (Wildman–Crippen LogP) is 6.70. The molecule has 0 saturated heterocycles. The minimum absolute atomic E-state index is 0. The molecule has 0 aliphatic heterocycles. The van der Waals surface area contributed by atoms with Crippen molar-refractivity contribution in [2.45, 2.75) is 27.2 Å². The second-order valence-corrected chi connectivity index (χ2v) is 7.38. The van der Waals surface area contributed by atoms with Crippen molar-refractivity contribution in [2.24, 2.45) is 0 Å². The first-order valence-electron chi connectivity index (χ1n) is 8.81. The van der Waals surface area contributed by atoms with Gasteiger partial charge in [0.25, 0.3) is 0 Å². The third-order valence-electron chi connectivity index (χ3n) is 4.81. The summed E-state index contributed by atoms with van der Waals surface area (Å²) in [6, 6.07) is 15.1. The maximum absolute atomic E-state index is 4.53. The van der Waals surface area contributed by atoms with Crippen LogP contribution in [0.15, 0.2) is 54.2 Å². The molecule has 0 saturated carbocycles. The molecule has 0 aliphatic carbocycles. The summed E-state index contributed by atoms with van der Waals surface area (Å²) in [5, 5.41) is 6.74. The molecule has 27 heavy (non-hydrogen) atoms. The highest BCUT2D eigenvalue weighted by Gasteiger charge is 2.14. The summed E-state index contributed by atoms with van der Waals surface area (Å²) in [7, 11) is 0. The van der Waals surface area contributed by atoms with Crippen LogP contribution in [0.25, 0.3) is 21.3 Å². The number of nitrogens with one attached hydrogen (secondary N) is 1. The van der Waals surface area contributed by atoms with Crippen molar-refractivity contribution in [1.29, 1.82) is 0 Å². The van der Waals surface area contributed by atoms with Crippen LogP contribution >= 0.6 is 23.7 Å². The Bertz CT molecular complexity index is 1070. The largest absolute Gasteiger partial charge is 0.340 e. The Morgan fingerprint density at radius 1 is 0.963 bits per heavy atom. The van der Waals surface area contributed by atoms with Crippen LogP contribution in [-0.2, 0) is 6.42 Å². The summed E-state index contributed by atoms with van der Waals surface area (Å²) in [4.78, 5) is 9.99. The maximum Gasteiger partial charge on any atom is 0.143 e. The molecule has 2 aromatic carbocycles. The van der Waals surface area contributed by atoms with Crippen LogP contribution in [0, 0.1) is 13.8 Å². The highest BCUT2D eigenvalue weighted by atomic mass is 35.5. The van der Waals surface area contributed by atoms with Gasteiger partial charge in [-0.2, -0.15) is 0 Å². The number of benzene rings is 2. The lowest BCUT2D eigenvalue weighted by Crippen LogP contribution is -1.96. The van der Waals surface area contributed by atoms with E-state index in [-0.39, 0.29) is 12.4 Å². The number of halogens is 1. The molecule has 0 unspecified atom stereocenters. The number of aryl methyl sites for hydroxylation is 3. The molecule has 0 bridgehead atoms. The first-order valence-corrected chi connectivity index (χ1v) is 9.69. The van der Waals surface area contributed by atoms with E-state index in [0.29, 0.717) is 0 Å². The monoisotopic (exact) mass is 395 g/mol. The van der Waals surface area contributed by atoms with Gasteiger partial charge in [0.05, 0.1) is 5.39 Å². The minimum atomic E-state index is 0. The molecule has 0 fully saturated rings. The van der Waals surface area contributed by atoms with Crippen molar-refractivity contribution >= 4 is 45.5 Å². The lowest BCUT2D eigenvalue weighted by Gasteiger charge is -2.10. The van der Waals surface area contributed by atoms with Gasteiger partial charge in [0.15, 0.2) is 0 Å². The minimum Gasteiger partial charge on any atom is -0.340 e. The Kier molecular flexibility index (Phi) is 5.78. The molecule has 4 rings (SSSR count). The Morgan fingerprint density at radius 2 is 1.74 bits per heavy atom. The number of hydrogen-bond acceptors (Lipinski definition) is 4. The first-order chi connectivity index (χ1) is 12.7. The highest BCUT2D eigenvalue weighted by Crippen LogP contribution is 2.37. The van der Waals surface area contributed by atoms with Gasteiger partial charge in [-0.1, -0.05) is 37.3 Å². The topological polar surface area (TPSA) is 37.8 Å². The van der Waals surface area contributed by atoms with Crippen LogP contribution in [0.4, 0.5) is 11.5 Å². The van der Waals surface area contributed by atoms with Crippen molar-refractivity contribution in [3.63, 3.8) is 0 Å². The number of nitrogens with zero attached hydrogens (tertiary/aromatic N) is 2. The Hall–Kier alpha value is -2.43. The van der Waals surface area contributed by atoms with Crippen molar-refractivity contribution < 1.29 is 0 Å². The summed E-state index contributed by atoms with van der Waals surface area (Å²) >= 11 is 1.66. The zero-order chi connectivity index (χ0) is 18.1. The van der Waals surface area contributed by atoms with Gasteiger partial charge in [0.2, 0.25) is 0 Å². The van der Waals surface area contributed by atoms with E-state index in [1.807, 2.05) is 0 Å². The fourth-order valence-corrected chi connectivity index (χ4v) is 3.97. The van der Waals surface area contributed by atoms with Gasteiger partial charge in [-0.3, -0.25) is 0 Å². The molecule has 0 aliphatic rings. The summed E-state index contributed by atoms with van der Waals surface area (Å²) in [6.07, 6.45) is 2.67. The standard InChI is InChI=1S/C22H21N3S.ClH/c1-4-16-6-9-18(10-7-16)25-21-20-19(12-26-22(20)24-13-23-21)17-8-5-14(2)15(3)11-17;/h5-13H,4H2,1-3H3,(H,23,24,25);1H. The lowest BCUT2D eigenvalue weighted by atomic mass is 10.0. The number of rotatable bonds is 4. The maximum atomic E-state index is 4.53. The molecular weight excluding hydrogens is 374 g/mol. The van der Waals surface area contributed by atoms with Gasteiger partial charge in [-0.25, -0.2) is 9.97 Å². The molecular formula is C22H22ClN3S. The number of hydrogen-bond donors (Lipinski definition) is 1. The van der Waals surface area contributed by atoms with Gasteiger partial charge >= 0.3 is 0 Å². The van der Waals surface area contributed by atoms with Crippen LogP contribution in [0.1, 0.15) is 23.6 Å². The number of aromatic nitrogens is 2. The van der Waals surface area contributed by atoms with Crippen LogP contribution in [0.2, 0.25) is 0 Å². The fraction of sp³-hybridized carbons (Fsp3) is 0.182. The van der Waals surface area contributed by atoms with E-state index in [0.717, 1.165) is 28.1 Å². The molecule has 4 aromatic rings. The SMILES string of the molecule is CCc1ccc(Nc2ncnc3scc(-c4ccc(C)c(C)c4)c23)cc1.Cl. The van der Waals surface area contributed by atoms with Crippen molar-refractivity contribution in [2.75, 3.05) is 5.32 Å². The molecule has 0 atom stereocenters. The van der Waals surface area contributed by atoms with Gasteiger partial charge < -0.3 is 5.32 Å². The molecule has 1 N–H and O–H groups in total. The third-order valence-corrected chi connectivity index (χ3v) is 5.70. The second kappa shape index (κ2) is 8.07. The van der Waals surface area contributed by atoms with Crippen molar-refractivity contribution in [3.8, 4) is 11.1 Å². The summed E-state index contributed by atoms with van der Waals surface area (Å²) < 4.78 is 0. The average molecular weight is 396 g/mol. The van der Waals surface area contributed by atoms with E-state index in [2.05, 4.69) is 83.9 Å². The van der Waals surface area contributed by atoms with Crippen molar-refractivity contribution in [3.05, 3.63) is 70.9 Å². The van der Waals surface area contributed by atoms with Crippen molar-refractivity contribution in [1.82, 2.24) is 9.97 Å². The van der Waals surface area contributed by atoms with E-state index in [1.54, 1.807) is 17.7 Å². The zero-order valence-electron chi connectivity index (χ0n) is 15.6. The third kappa shape index (κ3) is 3.82. The Labute approximate surface area is 169 Å². The first kappa shape index (κ1) is 19.3. The van der Waals surface area contributed by atoms with Crippen LogP contribution in [-0.4, -0.2) is 9.97 Å². The van der Waals surface area contributed by atoms with E-state index >= 15 is 0 Å². The molecule has 3 nitrogen and oxygen atoms in total. The Balaban J connectivity index is 0.00000210. The molecule has 138 valence electrons. The summed E-state index contributed by atoms with van der Waals surface area (Å²) in [6.45, 7) is 6.46. The van der Waals surface area contributed by atoms with Crippen LogP contribution in [0.3, 0.4) is 0 Å². The van der Waals surface area contributed by atoms with Crippen LogP contribution in [0.5, 0.6) is 0 Å². The summed E-state index contributed by atoms with van der Waals surface area (Å²) in [5.74, 6) is 0.855. The lowest BCUT2D eigenvalue weighted by molar-refractivity contribution is 1.14. The van der Waals surface area contributed by atoms with Gasteiger partial charge in [0, 0.05) is 16.6 Å². The van der Waals surface area contributed by atoms with Gasteiger partial charge in [0.1, 0.15) is 17.0 Å².